The van der Waals surface area contributed by atoms with Crippen molar-refractivity contribution in [2.24, 2.45) is 0 Å². The van der Waals surface area contributed by atoms with Gasteiger partial charge < -0.3 is 19.4 Å². The summed E-state index contributed by atoms with van der Waals surface area (Å²) in [6.07, 6.45) is 20.6. The minimum atomic E-state index is -3.03. The number of nitrogens with zero attached hydrogens (tertiary/aromatic N) is 12. The molecule has 496 valence electrons. The quantitative estimate of drug-likeness (QED) is 0.0457. The number of hydrogen-bond donors (Lipinski definition) is 0. The van der Waals surface area contributed by atoms with E-state index >= 15 is 0 Å². The number of pyridine rings is 5. The van der Waals surface area contributed by atoms with E-state index in [1.54, 1.807) is 122 Å². The molecule has 12 aromatic rings. The molecule has 0 spiro atoms. The first-order valence-electron chi connectivity index (χ1n) is 30.3. The van der Waals surface area contributed by atoms with E-state index in [9.17, 15) is 36.7 Å². The van der Waals surface area contributed by atoms with Crippen molar-refractivity contribution in [3.63, 3.8) is 0 Å². The zero-order valence-corrected chi connectivity index (χ0v) is 56.0. The Morgan fingerprint density at radius 3 is 1.48 bits per heavy atom. The summed E-state index contributed by atoms with van der Waals surface area (Å²) in [5.41, 5.74) is 7.63. The number of benzene rings is 4. The SMILES string of the molecule is CCc1cccc(CC(=O)c2cccc(Oc3cccnc3)c2)n1.CN(c1cccnc1)c1cc(Cl)cc(C(=O)Cc2nccs2)c1.CN(c1cccnc1)c1cc(F)cc(C(=O)Cc2nccs2)c1.CN(c1cncnc1)c1cc(F)cc(C(=O)Cc2cc(C(C)(F)F)ccn2)c1. The standard InChI is InChI=1S/C20H17F3N4O.C20H18N2O2.C17H14ClN3OS.C17H14FN3OS/c1-20(22,23)14-3-4-26-16(7-14)9-19(28)13-5-15(21)8-17(6-13)27(2)18-10-24-12-25-11-18;1-2-16-7-4-8-17(22-16)13-20(23)15-6-3-9-18(12-15)24-19-10-5-11-21-14-19;2*1-21(14-3-2-4-19-11-14)15-8-12(7-13(18)9-15)16(22)10-17-20-5-6-23-17/h3-8,10-12H,9H2,1-2H3;3-12,14H,2,13H2,1H3;2*2-9,11H,10H2,1H3. The van der Waals surface area contributed by atoms with Crippen LogP contribution < -0.4 is 19.4 Å². The van der Waals surface area contributed by atoms with E-state index in [1.165, 1.54) is 71.6 Å². The van der Waals surface area contributed by atoms with E-state index < -0.39 is 23.3 Å². The van der Waals surface area contributed by atoms with Crippen LogP contribution in [0.3, 0.4) is 0 Å². The number of halogens is 5. The molecule has 0 aliphatic rings. The highest BCUT2D eigenvalue weighted by molar-refractivity contribution is 7.09. The van der Waals surface area contributed by atoms with Crippen molar-refractivity contribution in [2.45, 2.75) is 51.9 Å². The highest BCUT2D eigenvalue weighted by atomic mass is 35.5. The molecule has 12 rings (SSSR count). The molecule has 0 aliphatic heterocycles. The number of aromatic nitrogens is 9. The molecule has 0 fully saturated rings. The highest BCUT2D eigenvalue weighted by Gasteiger charge is 2.25. The lowest BCUT2D eigenvalue weighted by Gasteiger charge is -2.20. The van der Waals surface area contributed by atoms with Gasteiger partial charge in [0.15, 0.2) is 23.1 Å². The summed E-state index contributed by atoms with van der Waals surface area (Å²) in [5, 5.41) is 5.73. The van der Waals surface area contributed by atoms with Crippen LogP contribution in [-0.4, -0.2) is 89.1 Å². The summed E-state index contributed by atoms with van der Waals surface area (Å²) >= 11 is 9.09. The zero-order valence-electron chi connectivity index (χ0n) is 53.6. The molecule has 0 aliphatic carbocycles. The Kier molecular flexibility index (Phi) is 25.1. The Hall–Kier alpha value is -11.1. The van der Waals surface area contributed by atoms with Crippen LogP contribution in [0, 0.1) is 11.6 Å². The fourth-order valence-electron chi connectivity index (χ4n) is 9.44. The van der Waals surface area contributed by atoms with Crippen LogP contribution in [0.1, 0.15) is 87.9 Å². The second-order valence-electron chi connectivity index (χ2n) is 21.8. The lowest BCUT2D eigenvalue weighted by Crippen LogP contribution is -2.13. The van der Waals surface area contributed by atoms with Crippen molar-refractivity contribution in [1.82, 2.24) is 44.9 Å². The zero-order chi connectivity index (χ0) is 69.6. The van der Waals surface area contributed by atoms with Crippen LogP contribution in [-0.2, 0) is 38.0 Å². The predicted octanol–water partition coefficient (Wildman–Crippen LogP) is 16.8. The Labute approximate surface area is 576 Å². The molecule has 0 atom stereocenters. The third-order valence-corrected chi connectivity index (χ3v) is 16.4. The number of anilines is 6. The van der Waals surface area contributed by atoms with Gasteiger partial charge in [-0.15, -0.1) is 22.7 Å². The topological polar surface area (TPSA) is 203 Å². The summed E-state index contributed by atoms with van der Waals surface area (Å²) in [5.74, 6) is -3.37. The van der Waals surface area contributed by atoms with Crippen LogP contribution in [0.25, 0.3) is 0 Å². The van der Waals surface area contributed by atoms with Crippen LogP contribution in [0.2, 0.25) is 5.02 Å². The molecule has 24 heteroatoms. The van der Waals surface area contributed by atoms with E-state index in [2.05, 4.69) is 44.9 Å². The minimum Gasteiger partial charge on any atom is -0.456 e. The third kappa shape index (κ3) is 20.9. The monoisotopic (exact) mass is 1370 g/mol. The number of hydrogen-bond acceptors (Lipinski definition) is 19. The Balaban J connectivity index is 0.000000153. The van der Waals surface area contributed by atoms with Crippen LogP contribution in [0.5, 0.6) is 11.5 Å². The van der Waals surface area contributed by atoms with Gasteiger partial charge in [0.25, 0.3) is 5.92 Å². The average molecular weight is 1380 g/mol. The fourth-order valence-corrected chi connectivity index (χ4v) is 10.9. The van der Waals surface area contributed by atoms with Gasteiger partial charge in [-0.25, -0.2) is 37.5 Å². The number of alkyl halides is 2. The third-order valence-electron chi connectivity index (χ3n) is 14.6. The number of rotatable bonds is 22. The highest BCUT2D eigenvalue weighted by Crippen LogP contribution is 2.32. The minimum absolute atomic E-state index is 0.00304. The second-order valence-corrected chi connectivity index (χ2v) is 24.2. The number of Topliss-reactive ketones (excluding diaryl/α,β-unsaturated/α-hetero) is 4. The van der Waals surface area contributed by atoms with Gasteiger partial charge in [0.1, 0.15) is 39.5 Å². The fraction of sp³-hybridized carbons (Fsp3) is 0.149. The van der Waals surface area contributed by atoms with Gasteiger partial charge in [-0.3, -0.25) is 44.1 Å². The molecule has 0 amide bonds. The Morgan fingerprint density at radius 2 is 0.949 bits per heavy atom. The van der Waals surface area contributed by atoms with Crippen molar-refractivity contribution >= 4 is 91.5 Å². The molecule has 0 saturated carbocycles. The lowest BCUT2D eigenvalue weighted by atomic mass is 10.0. The molecule has 0 unspecified atom stereocenters. The van der Waals surface area contributed by atoms with Gasteiger partial charge in [0, 0.05) is 143 Å². The first kappa shape index (κ1) is 71.2. The maximum Gasteiger partial charge on any atom is 0.270 e. The van der Waals surface area contributed by atoms with Gasteiger partial charge in [0.05, 0.1) is 73.7 Å². The van der Waals surface area contributed by atoms with Crippen molar-refractivity contribution in [2.75, 3.05) is 35.8 Å². The summed E-state index contributed by atoms with van der Waals surface area (Å²) in [7, 11) is 5.41. The predicted molar refractivity (Wildman–Crippen MR) is 373 cm³/mol. The number of aryl methyl sites for hydroxylation is 1. The van der Waals surface area contributed by atoms with Crippen molar-refractivity contribution in [3.8, 4) is 11.5 Å². The lowest BCUT2D eigenvalue weighted by molar-refractivity contribution is 0.0172. The molecule has 8 aromatic heterocycles. The molecular formula is C74H63ClF4N12O5S2. The summed E-state index contributed by atoms with van der Waals surface area (Å²) in [6, 6.07) is 40.1. The molecule has 0 N–H and O–H groups in total. The van der Waals surface area contributed by atoms with E-state index in [1.807, 2.05) is 96.4 Å². The van der Waals surface area contributed by atoms with Gasteiger partial charge in [0.2, 0.25) is 0 Å². The summed E-state index contributed by atoms with van der Waals surface area (Å²) < 4.78 is 60.7. The van der Waals surface area contributed by atoms with Gasteiger partial charge in [-0.1, -0.05) is 36.7 Å². The maximum absolute atomic E-state index is 14.1. The van der Waals surface area contributed by atoms with Gasteiger partial charge in [-0.2, -0.15) is 0 Å². The number of carbonyl (C=O) groups is 4. The number of thiazole rings is 2. The van der Waals surface area contributed by atoms with Gasteiger partial charge >= 0.3 is 0 Å². The first-order chi connectivity index (χ1) is 47.2. The van der Waals surface area contributed by atoms with Crippen LogP contribution in [0.15, 0.2) is 231 Å². The number of ketones is 4. The smallest absolute Gasteiger partial charge is 0.270 e. The molecule has 0 radical (unpaired) electrons. The molecule has 98 heavy (non-hydrogen) atoms. The van der Waals surface area contributed by atoms with Gasteiger partial charge in [-0.05, 0) is 134 Å². The van der Waals surface area contributed by atoms with E-state index in [0.29, 0.717) is 50.3 Å². The molecular weight excluding hydrogens is 1310 g/mol. The van der Waals surface area contributed by atoms with E-state index in [4.69, 9.17) is 16.3 Å². The molecule has 17 nitrogen and oxygen atoms in total. The first-order valence-corrected chi connectivity index (χ1v) is 32.4. The molecule has 0 saturated heterocycles. The molecule has 0 bridgehead atoms. The molecule has 4 aromatic carbocycles. The molecule has 8 heterocycles. The Morgan fingerprint density at radius 1 is 0.459 bits per heavy atom. The largest absolute Gasteiger partial charge is 0.456 e. The summed E-state index contributed by atoms with van der Waals surface area (Å²) in [6.45, 7) is 2.82. The van der Waals surface area contributed by atoms with E-state index in [-0.39, 0.29) is 59.9 Å². The normalized spacial score (nSPS) is 10.7. The average Bonchev–Trinajstić information content (AvgIpc) is 0.944. The number of ether oxygens (including phenoxy) is 1. The Bertz CT molecular complexity index is 4470. The second kappa shape index (κ2) is 34.5. The number of carbonyl (C=O) groups excluding carboxylic acids is 4. The van der Waals surface area contributed by atoms with Crippen molar-refractivity contribution in [1.29, 1.82) is 0 Å². The van der Waals surface area contributed by atoms with Crippen LogP contribution in [0.4, 0.5) is 51.7 Å². The van der Waals surface area contributed by atoms with Crippen molar-refractivity contribution in [3.05, 3.63) is 302 Å². The van der Waals surface area contributed by atoms with Crippen LogP contribution >= 0.6 is 34.3 Å². The maximum atomic E-state index is 14.1. The van der Waals surface area contributed by atoms with Crippen molar-refractivity contribution < 1.29 is 41.5 Å². The van der Waals surface area contributed by atoms with E-state index in [0.717, 1.165) is 57.9 Å². The summed E-state index contributed by atoms with van der Waals surface area (Å²) in [4.78, 5) is 92.0.